The normalized spacial score (nSPS) is 10.2. The fraction of sp³-hybridized carbons (Fsp3) is 0.286. The number of anilines is 2. The van der Waals surface area contributed by atoms with E-state index in [9.17, 15) is 4.39 Å². The van der Waals surface area contributed by atoms with Gasteiger partial charge in [-0.25, -0.2) is 9.37 Å². The van der Waals surface area contributed by atoms with Crippen LogP contribution >= 0.6 is 0 Å². The molecular formula is C14H17FN4. The van der Waals surface area contributed by atoms with Crippen molar-refractivity contribution >= 4 is 11.8 Å². The Morgan fingerprint density at radius 3 is 2.89 bits per heavy atom. The Labute approximate surface area is 112 Å². The molecule has 1 aromatic heterocycles. The van der Waals surface area contributed by atoms with Crippen LogP contribution in [0.4, 0.5) is 16.2 Å². The van der Waals surface area contributed by atoms with E-state index in [1.807, 2.05) is 6.07 Å². The van der Waals surface area contributed by atoms with Gasteiger partial charge in [0.05, 0.1) is 0 Å². The van der Waals surface area contributed by atoms with E-state index in [4.69, 9.17) is 0 Å². The van der Waals surface area contributed by atoms with E-state index in [-0.39, 0.29) is 5.82 Å². The molecule has 0 fully saturated rings. The van der Waals surface area contributed by atoms with Gasteiger partial charge in [0.25, 0.3) is 0 Å². The summed E-state index contributed by atoms with van der Waals surface area (Å²) in [6.45, 7) is 3.45. The standard InChI is InChI=1S/C14H17FN4/c1-2-7-16-14-17-8-6-13(19-14)18-10-11-4-3-5-12(15)9-11/h3-6,8-9H,2,7,10H2,1H3,(H2,16,17,18,19). The van der Waals surface area contributed by atoms with E-state index in [0.29, 0.717) is 12.5 Å². The van der Waals surface area contributed by atoms with Crippen LogP contribution in [0.5, 0.6) is 0 Å². The maximum Gasteiger partial charge on any atom is 0.224 e. The molecule has 0 radical (unpaired) electrons. The summed E-state index contributed by atoms with van der Waals surface area (Å²) < 4.78 is 13.0. The topological polar surface area (TPSA) is 49.8 Å². The second kappa shape index (κ2) is 6.68. The molecule has 0 aliphatic heterocycles. The Kier molecular flexibility index (Phi) is 4.66. The van der Waals surface area contributed by atoms with Crippen LogP contribution in [0.15, 0.2) is 36.5 Å². The van der Waals surface area contributed by atoms with E-state index >= 15 is 0 Å². The van der Waals surface area contributed by atoms with E-state index < -0.39 is 0 Å². The highest BCUT2D eigenvalue weighted by Crippen LogP contribution is 2.09. The maximum atomic E-state index is 13.0. The summed E-state index contributed by atoms with van der Waals surface area (Å²) in [5.41, 5.74) is 0.877. The second-order valence-electron chi connectivity index (χ2n) is 4.18. The predicted molar refractivity (Wildman–Crippen MR) is 74.5 cm³/mol. The van der Waals surface area contributed by atoms with Crippen LogP contribution < -0.4 is 10.6 Å². The minimum absolute atomic E-state index is 0.229. The van der Waals surface area contributed by atoms with Gasteiger partial charge in [0, 0.05) is 19.3 Å². The number of hydrogen-bond acceptors (Lipinski definition) is 4. The molecule has 0 atom stereocenters. The third-order valence-electron chi connectivity index (χ3n) is 2.55. The smallest absolute Gasteiger partial charge is 0.224 e. The zero-order chi connectivity index (χ0) is 13.5. The van der Waals surface area contributed by atoms with Crippen molar-refractivity contribution in [2.75, 3.05) is 17.2 Å². The Morgan fingerprint density at radius 2 is 2.11 bits per heavy atom. The van der Waals surface area contributed by atoms with Crippen LogP contribution in [-0.4, -0.2) is 16.5 Å². The summed E-state index contributed by atoms with van der Waals surface area (Å²) in [5.74, 6) is 1.09. The number of aromatic nitrogens is 2. The highest BCUT2D eigenvalue weighted by molar-refractivity contribution is 5.40. The van der Waals surface area contributed by atoms with E-state index in [2.05, 4.69) is 27.5 Å². The number of halogens is 1. The molecule has 2 aromatic rings. The molecule has 0 saturated heterocycles. The van der Waals surface area contributed by atoms with Crippen molar-refractivity contribution in [3.8, 4) is 0 Å². The third-order valence-corrected chi connectivity index (χ3v) is 2.55. The molecule has 0 amide bonds. The predicted octanol–water partition coefficient (Wildman–Crippen LogP) is 3.05. The molecule has 100 valence electrons. The Morgan fingerprint density at radius 1 is 1.21 bits per heavy atom. The largest absolute Gasteiger partial charge is 0.366 e. The zero-order valence-corrected chi connectivity index (χ0v) is 10.9. The molecule has 5 heteroatoms. The monoisotopic (exact) mass is 260 g/mol. The van der Waals surface area contributed by atoms with E-state index in [1.165, 1.54) is 12.1 Å². The molecule has 2 rings (SSSR count). The molecule has 0 spiro atoms. The average molecular weight is 260 g/mol. The van der Waals surface area contributed by atoms with Gasteiger partial charge in [-0.3, -0.25) is 0 Å². The number of nitrogens with one attached hydrogen (secondary N) is 2. The lowest BCUT2D eigenvalue weighted by Crippen LogP contribution is -2.07. The van der Waals surface area contributed by atoms with Gasteiger partial charge in [-0.05, 0) is 30.2 Å². The first-order valence-corrected chi connectivity index (χ1v) is 6.33. The van der Waals surface area contributed by atoms with Crippen molar-refractivity contribution in [2.45, 2.75) is 19.9 Å². The number of nitrogens with zero attached hydrogens (tertiary/aromatic N) is 2. The quantitative estimate of drug-likeness (QED) is 0.838. The first-order chi connectivity index (χ1) is 9.28. The molecule has 1 heterocycles. The lowest BCUT2D eigenvalue weighted by molar-refractivity contribution is 0.626. The Balaban J connectivity index is 1.95. The summed E-state index contributed by atoms with van der Waals surface area (Å²) in [6.07, 6.45) is 2.71. The zero-order valence-electron chi connectivity index (χ0n) is 10.9. The molecule has 1 aromatic carbocycles. The summed E-state index contributed by atoms with van der Waals surface area (Å²) in [7, 11) is 0. The summed E-state index contributed by atoms with van der Waals surface area (Å²) in [5, 5.41) is 6.27. The Hall–Kier alpha value is -2.17. The van der Waals surface area contributed by atoms with Gasteiger partial charge in [0.2, 0.25) is 5.95 Å². The lowest BCUT2D eigenvalue weighted by atomic mass is 10.2. The van der Waals surface area contributed by atoms with Crippen molar-refractivity contribution in [1.29, 1.82) is 0 Å². The molecule has 0 aliphatic rings. The van der Waals surface area contributed by atoms with Crippen LogP contribution in [0, 0.1) is 5.82 Å². The lowest BCUT2D eigenvalue weighted by Gasteiger charge is -2.08. The van der Waals surface area contributed by atoms with Crippen molar-refractivity contribution in [1.82, 2.24) is 9.97 Å². The molecule has 0 bridgehead atoms. The summed E-state index contributed by atoms with van der Waals surface area (Å²) >= 11 is 0. The molecule has 0 aliphatic carbocycles. The van der Waals surface area contributed by atoms with Crippen molar-refractivity contribution in [3.05, 3.63) is 47.9 Å². The van der Waals surface area contributed by atoms with Crippen molar-refractivity contribution in [3.63, 3.8) is 0 Å². The van der Waals surface area contributed by atoms with Gasteiger partial charge in [-0.15, -0.1) is 0 Å². The minimum atomic E-state index is -0.229. The van der Waals surface area contributed by atoms with Gasteiger partial charge in [-0.1, -0.05) is 19.1 Å². The maximum absolute atomic E-state index is 13.0. The van der Waals surface area contributed by atoms with Crippen molar-refractivity contribution in [2.24, 2.45) is 0 Å². The van der Waals surface area contributed by atoms with Gasteiger partial charge in [0.15, 0.2) is 0 Å². The van der Waals surface area contributed by atoms with Gasteiger partial charge >= 0.3 is 0 Å². The van der Waals surface area contributed by atoms with Crippen LogP contribution in [0.2, 0.25) is 0 Å². The number of rotatable bonds is 6. The highest BCUT2D eigenvalue weighted by Gasteiger charge is 1.99. The summed E-state index contributed by atoms with van der Waals surface area (Å²) in [4.78, 5) is 8.44. The van der Waals surface area contributed by atoms with Gasteiger partial charge in [-0.2, -0.15) is 4.98 Å². The van der Waals surface area contributed by atoms with Crippen LogP contribution in [0.1, 0.15) is 18.9 Å². The van der Waals surface area contributed by atoms with Gasteiger partial charge in [0.1, 0.15) is 11.6 Å². The first-order valence-electron chi connectivity index (χ1n) is 6.33. The number of hydrogen-bond donors (Lipinski definition) is 2. The first kappa shape index (κ1) is 13.3. The van der Waals surface area contributed by atoms with Crippen LogP contribution in [0.3, 0.4) is 0 Å². The van der Waals surface area contributed by atoms with Crippen LogP contribution in [0.25, 0.3) is 0 Å². The molecule has 0 saturated carbocycles. The third kappa shape index (κ3) is 4.21. The second-order valence-corrected chi connectivity index (χ2v) is 4.18. The molecule has 0 unspecified atom stereocenters. The fourth-order valence-corrected chi connectivity index (χ4v) is 1.62. The molecule has 4 nitrogen and oxygen atoms in total. The van der Waals surface area contributed by atoms with Crippen LogP contribution in [-0.2, 0) is 6.54 Å². The fourth-order valence-electron chi connectivity index (χ4n) is 1.62. The minimum Gasteiger partial charge on any atom is -0.366 e. The molecule has 2 N–H and O–H groups in total. The van der Waals surface area contributed by atoms with Crippen molar-refractivity contribution < 1.29 is 4.39 Å². The molecule has 19 heavy (non-hydrogen) atoms. The van der Waals surface area contributed by atoms with Gasteiger partial charge < -0.3 is 10.6 Å². The van der Waals surface area contributed by atoms with E-state index in [1.54, 1.807) is 18.3 Å². The average Bonchev–Trinajstić information content (AvgIpc) is 2.43. The number of benzene rings is 1. The van der Waals surface area contributed by atoms with E-state index in [0.717, 1.165) is 24.3 Å². The summed E-state index contributed by atoms with van der Waals surface area (Å²) in [6, 6.07) is 8.29. The molecular weight excluding hydrogens is 243 g/mol. The SMILES string of the molecule is CCCNc1nccc(NCc2cccc(F)c2)n1. The Bertz CT molecular complexity index is 530. The highest BCUT2D eigenvalue weighted by atomic mass is 19.1.